The van der Waals surface area contributed by atoms with Crippen LogP contribution in [-0.4, -0.2) is 153 Å². The fourth-order valence-corrected chi connectivity index (χ4v) is 8.96. The molecule has 0 radical (unpaired) electrons. The van der Waals surface area contributed by atoms with E-state index < -0.39 is 63.1 Å². The van der Waals surface area contributed by atoms with Crippen LogP contribution in [0.2, 0.25) is 0 Å². The zero-order valence-corrected chi connectivity index (χ0v) is 40.4. The van der Waals surface area contributed by atoms with Crippen molar-refractivity contribution in [3.05, 3.63) is 23.6 Å². The predicted molar refractivity (Wildman–Crippen MR) is 237 cm³/mol. The highest BCUT2D eigenvalue weighted by Gasteiger charge is 2.50. The van der Waals surface area contributed by atoms with Crippen LogP contribution in [0.3, 0.4) is 0 Å². The maximum absolute atomic E-state index is 12.3. The van der Waals surface area contributed by atoms with E-state index in [0.717, 1.165) is 6.42 Å². The molecule has 4 saturated heterocycles. The maximum Gasteiger partial charge on any atom is 0.418 e. The van der Waals surface area contributed by atoms with Crippen LogP contribution in [-0.2, 0) is 29.4 Å². The minimum atomic E-state index is -4.99. The monoisotopic (exact) mass is 986 g/mol. The number of nitrogens with zero attached hydrogens (tertiary/aromatic N) is 9. The van der Waals surface area contributed by atoms with Gasteiger partial charge in [0.15, 0.2) is 0 Å². The van der Waals surface area contributed by atoms with Crippen molar-refractivity contribution in [2.75, 3.05) is 53.0 Å². The van der Waals surface area contributed by atoms with Crippen LogP contribution in [0.4, 0.5) is 14.0 Å². The lowest BCUT2D eigenvalue weighted by Crippen LogP contribution is -2.50. The number of halogens is 1. The number of nitrogens with two attached hydrogens (primary N) is 1. The molecule has 23 nitrogen and oxygen atoms in total. The van der Waals surface area contributed by atoms with Crippen LogP contribution in [0.1, 0.15) is 180 Å². The van der Waals surface area contributed by atoms with Crippen LogP contribution >= 0.6 is 0 Å². The Hall–Kier alpha value is -3.63. The summed E-state index contributed by atoms with van der Waals surface area (Å²) in [7, 11) is -9.29. The zero-order chi connectivity index (χ0) is 48.5. The van der Waals surface area contributed by atoms with Gasteiger partial charge in [-0.1, -0.05) is 74.7 Å². The molecular formula is C40H75FN10O13S2. The van der Waals surface area contributed by atoms with Gasteiger partial charge in [-0.2, -0.15) is 22.8 Å². The SMILES string of the molecule is C.CCC(C)c1nnc([C@@H]2CC[C@@H]3CN2C(=O)N3OS(=O)(=O)[O-])o1.CCCC[N+](CCCC)(CCCC)CCCC.CF.NCC(O)c1nnc([C@@H]2CC[C@@H]3CN2C(=O)N3OS(=O)(=O)O)o1. The lowest BCUT2D eigenvalue weighted by atomic mass is 10.0. The first-order valence-corrected chi connectivity index (χ1v) is 25.3. The molecule has 382 valence electrons. The first-order valence-electron chi connectivity index (χ1n) is 22.6. The number of urea groups is 2. The zero-order valence-electron chi connectivity index (χ0n) is 38.8. The van der Waals surface area contributed by atoms with Crippen molar-refractivity contribution in [3.63, 3.8) is 0 Å². The molecule has 6 heterocycles. The third kappa shape index (κ3) is 16.3. The number of aromatic nitrogens is 4. The number of hydroxylamine groups is 4. The van der Waals surface area contributed by atoms with Gasteiger partial charge >= 0.3 is 22.5 Å². The Morgan fingerprint density at radius 3 is 1.50 bits per heavy atom. The van der Waals surface area contributed by atoms with Crippen molar-refractivity contribution in [3.8, 4) is 0 Å². The first kappa shape index (κ1) is 58.5. The average Bonchev–Trinajstić information content (AvgIpc) is 4.08. The molecule has 26 heteroatoms. The normalized spacial score (nSPS) is 21.3. The van der Waals surface area contributed by atoms with E-state index in [1.807, 2.05) is 13.8 Å². The van der Waals surface area contributed by atoms with E-state index in [1.54, 1.807) is 0 Å². The highest BCUT2D eigenvalue weighted by atomic mass is 32.3. The minimum absolute atomic E-state index is 0. The molecule has 4 amide bonds. The smallest absolute Gasteiger partial charge is 0.418 e. The molecule has 4 aliphatic rings. The Morgan fingerprint density at radius 2 is 1.14 bits per heavy atom. The topological polar surface area (TPSA) is 301 Å². The average molecular weight is 987 g/mol. The summed E-state index contributed by atoms with van der Waals surface area (Å²) in [5.41, 5.74) is 5.30. The number of aliphatic hydroxyl groups is 1. The summed E-state index contributed by atoms with van der Waals surface area (Å²) in [4.78, 5) is 27.2. The maximum atomic E-state index is 12.3. The Bertz CT molecular complexity index is 1820. The molecule has 6 rings (SSSR count). The number of amides is 4. The summed E-state index contributed by atoms with van der Waals surface area (Å²) in [6, 6.07) is -3.39. The predicted octanol–water partition coefficient (Wildman–Crippen LogP) is 5.88. The lowest BCUT2D eigenvalue weighted by molar-refractivity contribution is -0.929. The van der Waals surface area contributed by atoms with Gasteiger partial charge in [-0.15, -0.1) is 24.7 Å². The fraction of sp³-hybridized carbons (Fsp3) is 0.850. The van der Waals surface area contributed by atoms with Gasteiger partial charge in [-0.3, -0.25) is 8.94 Å². The van der Waals surface area contributed by atoms with Crippen molar-refractivity contribution < 1.29 is 66.9 Å². The molecule has 2 aromatic heterocycles. The summed E-state index contributed by atoms with van der Waals surface area (Å²) < 4.78 is 93.1. The molecule has 4 aliphatic heterocycles. The van der Waals surface area contributed by atoms with Crippen molar-refractivity contribution in [2.24, 2.45) is 5.73 Å². The molecule has 4 fully saturated rings. The van der Waals surface area contributed by atoms with E-state index in [-0.39, 0.29) is 44.8 Å². The number of hydrogen-bond donors (Lipinski definition) is 3. The number of alkyl halides is 1. The van der Waals surface area contributed by atoms with E-state index in [1.165, 1.54) is 91.8 Å². The number of aliphatic hydroxyl groups excluding tert-OH is 1. The molecule has 2 unspecified atom stereocenters. The lowest BCUT2D eigenvalue weighted by Gasteiger charge is -2.39. The number of carbonyl (C=O) groups is 2. The molecule has 6 atom stereocenters. The van der Waals surface area contributed by atoms with E-state index in [2.05, 4.69) is 56.7 Å². The van der Waals surface area contributed by atoms with Crippen molar-refractivity contribution in [1.29, 1.82) is 0 Å². The summed E-state index contributed by atoms with van der Waals surface area (Å²) in [5.74, 6) is 1.01. The molecule has 0 aromatic carbocycles. The Labute approximate surface area is 389 Å². The second kappa shape index (κ2) is 27.4. The second-order valence-electron chi connectivity index (χ2n) is 16.7. The van der Waals surface area contributed by atoms with Gasteiger partial charge in [-0.05, 0) is 57.8 Å². The van der Waals surface area contributed by atoms with Crippen molar-refractivity contribution in [1.82, 2.24) is 40.3 Å². The van der Waals surface area contributed by atoms with Gasteiger partial charge < -0.3 is 38.5 Å². The molecular weight excluding hydrogens is 912 g/mol. The van der Waals surface area contributed by atoms with Gasteiger partial charge in [0, 0.05) is 25.6 Å². The molecule has 4 N–H and O–H groups in total. The van der Waals surface area contributed by atoms with Crippen LogP contribution in [0.15, 0.2) is 8.83 Å². The third-order valence-electron chi connectivity index (χ3n) is 12.0. The number of piperidine rings is 2. The van der Waals surface area contributed by atoms with E-state index in [4.69, 9.17) is 19.1 Å². The minimum Gasteiger partial charge on any atom is -0.724 e. The second-order valence-corrected chi connectivity index (χ2v) is 18.6. The van der Waals surface area contributed by atoms with E-state index in [9.17, 15) is 40.5 Å². The molecule has 2 aromatic rings. The van der Waals surface area contributed by atoms with Crippen LogP contribution in [0.25, 0.3) is 0 Å². The fourth-order valence-electron chi connectivity index (χ4n) is 8.19. The highest BCUT2D eigenvalue weighted by Crippen LogP contribution is 2.40. The Morgan fingerprint density at radius 1 is 0.742 bits per heavy atom. The van der Waals surface area contributed by atoms with Gasteiger partial charge in [-0.25, -0.2) is 18.0 Å². The number of hydrogen-bond acceptors (Lipinski definition) is 17. The van der Waals surface area contributed by atoms with Crippen LogP contribution in [0, 0.1) is 0 Å². The number of fused-ring (bicyclic) bond motifs is 4. The first-order chi connectivity index (χ1) is 30.8. The van der Waals surface area contributed by atoms with Crippen molar-refractivity contribution >= 4 is 32.9 Å². The van der Waals surface area contributed by atoms with Crippen LogP contribution in [0.5, 0.6) is 0 Å². The van der Waals surface area contributed by atoms with Gasteiger partial charge in [0.1, 0.15) is 18.2 Å². The quantitative estimate of drug-likeness (QED) is 0.0705. The van der Waals surface area contributed by atoms with E-state index >= 15 is 0 Å². The Balaban J connectivity index is 0.000000336. The molecule has 66 heavy (non-hydrogen) atoms. The Kier molecular flexibility index (Phi) is 24.3. The number of quaternary nitrogens is 1. The standard InChI is InChI=1S/C16H36N.C12H18N4O6S.C10H15N5O7S.CH3F.CH4/c1-5-9-13-17(14-10-6-2,15-11-7-3)16-12-8-4;1-3-7(2)10-13-14-11(21-10)9-5-4-8-6-15(9)12(17)16(8)22-23(18,19)20;11-3-7(16)9-13-12-8(21-9)6-2-1-5-4-14(6)10(17)15(5)22-23(18,19)20;1-2;/h5-16H2,1-4H3;7-9H,3-6H2,1-2H3,(H,18,19,20);5-7,16H,1-4,11H2,(H,18,19,20);1H3;1H4/q+1;;;;/p-1/t;7?,8-,9+;5-,6+,7?;;/m.11../s1. The number of unbranched alkanes of at least 4 members (excludes halogenated alkanes) is 4. The summed E-state index contributed by atoms with van der Waals surface area (Å²) in [5, 5.41) is 26.3. The molecule has 0 spiro atoms. The molecule has 0 aliphatic carbocycles. The largest absolute Gasteiger partial charge is 0.724 e. The number of carbonyl (C=O) groups excluding carboxylic acids is 2. The highest BCUT2D eigenvalue weighted by molar-refractivity contribution is 7.81. The molecule has 0 saturated carbocycles. The third-order valence-corrected chi connectivity index (χ3v) is 12.7. The number of rotatable bonds is 22. The summed E-state index contributed by atoms with van der Waals surface area (Å²) >= 11 is 0. The van der Waals surface area contributed by atoms with Crippen LogP contribution < -0.4 is 5.73 Å². The van der Waals surface area contributed by atoms with Gasteiger partial charge in [0.05, 0.1) is 45.4 Å². The summed E-state index contributed by atoms with van der Waals surface area (Å²) in [6.45, 7) is 19.3. The summed E-state index contributed by atoms with van der Waals surface area (Å²) in [6.07, 6.45) is 12.7. The van der Waals surface area contributed by atoms with E-state index in [0.29, 0.717) is 54.8 Å². The van der Waals surface area contributed by atoms with Crippen molar-refractivity contribution in [2.45, 2.75) is 169 Å². The van der Waals surface area contributed by atoms with Gasteiger partial charge in [0.2, 0.25) is 34.0 Å². The molecule has 4 bridgehead atoms. The van der Waals surface area contributed by atoms with Gasteiger partial charge in [0.25, 0.3) is 0 Å².